The average Bonchev–Trinajstić information content (AvgIpc) is 2.52. The number of aromatic nitrogens is 3. The molecule has 0 fully saturated rings. The quantitative estimate of drug-likeness (QED) is 0.598. The van der Waals surface area contributed by atoms with E-state index in [9.17, 15) is 4.79 Å². The fourth-order valence-corrected chi connectivity index (χ4v) is 0.702. The van der Waals surface area contributed by atoms with E-state index in [1.165, 1.54) is 15.9 Å². The zero-order chi connectivity index (χ0) is 9.84. The van der Waals surface area contributed by atoms with Gasteiger partial charge < -0.3 is 4.90 Å². The molecule has 0 atom stereocenters. The summed E-state index contributed by atoms with van der Waals surface area (Å²) >= 11 is 0. The van der Waals surface area contributed by atoms with Crippen LogP contribution in [0.15, 0.2) is 6.33 Å². The monoisotopic (exact) mass is 179 g/mol. The minimum absolute atomic E-state index is 0.0755. The standard InChI is InChI=1S/C7H9N5O/c1-11(2)7(13)4-12-5-9-6(3-8)10-12/h5H,4H2,1-2H3. The molecule has 0 aromatic carbocycles. The third-order valence-corrected chi connectivity index (χ3v) is 1.43. The Kier molecular flexibility index (Phi) is 2.59. The van der Waals surface area contributed by atoms with Crippen molar-refractivity contribution in [2.24, 2.45) is 0 Å². The van der Waals surface area contributed by atoms with Crippen LogP contribution in [0.5, 0.6) is 0 Å². The normalized spacial score (nSPS) is 9.31. The molecule has 0 saturated heterocycles. The summed E-state index contributed by atoms with van der Waals surface area (Å²) in [7, 11) is 3.31. The Balaban J connectivity index is 2.65. The molecule has 1 aromatic heterocycles. The molecule has 13 heavy (non-hydrogen) atoms. The first kappa shape index (κ1) is 9.19. The predicted molar refractivity (Wildman–Crippen MR) is 43.4 cm³/mol. The Bertz CT molecular complexity index is 348. The third kappa shape index (κ3) is 2.27. The van der Waals surface area contributed by atoms with Gasteiger partial charge in [0.1, 0.15) is 18.9 Å². The molecule has 0 radical (unpaired) electrons. The van der Waals surface area contributed by atoms with Gasteiger partial charge in [0.2, 0.25) is 5.91 Å². The van der Waals surface area contributed by atoms with Gasteiger partial charge in [0.15, 0.2) is 0 Å². The van der Waals surface area contributed by atoms with Crippen LogP contribution in [0.2, 0.25) is 0 Å². The summed E-state index contributed by atoms with van der Waals surface area (Å²) in [4.78, 5) is 16.3. The molecular weight excluding hydrogens is 170 g/mol. The van der Waals surface area contributed by atoms with Crippen molar-refractivity contribution in [3.8, 4) is 6.07 Å². The Morgan fingerprint density at radius 2 is 2.46 bits per heavy atom. The van der Waals surface area contributed by atoms with Crippen molar-refractivity contribution >= 4 is 5.91 Å². The van der Waals surface area contributed by atoms with E-state index in [1.807, 2.05) is 0 Å². The van der Waals surface area contributed by atoms with Crippen LogP contribution in [-0.2, 0) is 11.3 Å². The molecule has 0 aliphatic heterocycles. The van der Waals surface area contributed by atoms with Crippen LogP contribution in [0, 0.1) is 11.3 Å². The molecule has 1 amide bonds. The van der Waals surface area contributed by atoms with E-state index in [1.54, 1.807) is 20.2 Å². The van der Waals surface area contributed by atoms with E-state index in [4.69, 9.17) is 5.26 Å². The van der Waals surface area contributed by atoms with Crippen molar-refractivity contribution in [2.45, 2.75) is 6.54 Å². The van der Waals surface area contributed by atoms with Gasteiger partial charge in [0.05, 0.1) is 0 Å². The topological polar surface area (TPSA) is 74.8 Å². The second kappa shape index (κ2) is 3.67. The first-order valence-electron chi connectivity index (χ1n) is 3.63. The highest BCUT2D eigenvalue weighted by Crippen LogP contribution is 1.89. The fourth-order valence-electron chi connectivity index (χ4n) is 0.702. The molecule has 0 aliphatic rings. The summed E-state index contributed by atoms with van der Waals surface area (Å²) in [6.45, 7) is 0.113. The largest absolute Gasteiger partial charge is 0.347 e. The van der Waals surface area contributed by atoms with Crippen molar-refractivity contribution < 1.29 is 4.79 Å². The van der Waals surface area contributed by atoms with Crippen molar-refractivity contribution in [1.29, 1.82) is 5.26 Å². The maximum atomic E-state index is 11.2. The van der Waals surface area contributed by atoms with Crippen LogP contribution in [-0.4, -0.2) is 39.7 Å². The van der Waals surface area contributed by atoms with Crippen molar-refractivity contribution in [3.05, 3.63) is 12.2 Å². The van der Waals surface area contributed by atoms with E-state index in [2.05, 4.69) is 10.1 Å². The lowest BCUT2D eigenvalue weighted by Gasteiger charge is -2.08. The summed E-state index contributed by atoms with van der Waals surface area (Å²) in [6, 6.07) is 1.78. The highest BCUT2D eigenvalue weighted by molar-refractivity contribution is 5.75. The zero-order valence-electron chi connectivity index (χ0n) is 7.43. The van der Waals surface area contributed by atoms with Gasteiger partial charge in [-0.2, -0.15) is 5.26 Å². The van der Waals surface area contributed by atoms with Gasteiger partial charge in [-0.05, 0) is 0 Å². The molecule has 1 heterocycles. The minimum atomic E-state index is -0.0885. The van der Waals surface area contributed by atoms with E-state index in [0.717, 1.165) is 0 Å². The molecule has 68 valence electrons. The highest BCUT2D eigenvalue weighted by Gasteiger charge is 2.06. The predicted octanol–water partition coefficient (Wildman–Crippen LogP) is -0.762. The van der Waals surface area contributed by atoms with Gasteiger partial charge in [0.25, 0.3) is 5.82 Å². The fraction of sp³-hybridized carbons (Fsp3) is 0.429. The lowest BCUT2D eigenvalue weighted by atomic mass is 10.5. The molecule has 1 aromatic rings. The molecule has 6 heteroatoms. The number of amides is 1. The molecule has 0 unspecified atom stereocenters. The number of nitriles is 1. The number of likely N-dealkylation sites (N-methyl/N-ethyl adjacent to an activating group) is 1. The first-order valence-corrected chi connectivity index (χ1v) is 3.63. The summed E-state index contributed by atoms with van der Waals surface area (Å²) < 4.78 is 1.33. The summed E-state index contributed by atoms with van der Waals surface area (Å²) in [6.07, 6.45) is 1.36. The van der Waals surface area contributed by atoms with Crippen LogP contribution in [0.3, 0.4) is 0 Å². The lowest BCUT2D eigenvalue weighted by Crippen LogP contribution is -2.26. The second-order valence-corrected chi connectivity index (χ2v) is 2.67. The number of carbonyl (C=O) groups excluding carboxylic acids is 1. The number of carbonyl (C=O) groups is 1. The molecule has 6 nitrogen and oxygen atoms in total. The van der Waals surface area contributed by atoms with Gasteiger partial charge >= 0.3 is 0 Å². The van der Waals surface area contributed by atoms with Crippen LogP contribution >= 0.6 is 0 Å². The third-order valence-electron chi connectivity index (χ3n) is 1.43. The lowest BCUT2D eigenvalue weighted by molar-refractivity contribution is -0.129. The van der Waals surface area contributed by atoms with Crippen LogP contribution in [0.1, 0.15) is 5.82 Å². The number of nitrogens with zero attached hydrogens (tertiary/aromatic N) is 5. The van der Waals surface area contributed by atoms with E-state index in [0.29, 0.717) is 0 Å². The molecule has 1 rings (SSSR count). The Labute approximate surface area is 75.4 Å². The zero-order valence-corrected chi connectivity index (χ0v) is 7.43. The van der Waals surface area contributed by atoms with E-state index >= 15 is 0 Å². The molecular formula is C7H9N5O. The van der Waals surface area contributed by atoms with Crippen LogP contribution in [0.4, 0.5) is 0 Å². The van der Waals surface area contributed by atoms with Crippen molar-refractivity contribution in [3.63, 3.8) is 0 Å². The Morgan fingerprint density at radius 1 is 1.77 bits per heavy atom. The maximum absolute atomic E-state index is 11.2. The second-order valence-electron chi connectivity index (χ2n) is 2.67. The SMILES string of the molecule is CN(C)C(=O)Cn1cnc(C#N)n1. The Morgan fingerprint density at radius 3 is 2.92 bits per heavy atom. The summed E-state index contributed by atoms with van der Waals surface area (Å²) in [5.74, 6) is -0.0130. The van der Waals surface area contributed by atoms with Gasteiger partial charge in [0, 0.05) is 14.1 Å². The van der Waals surface area contributed by atoms with Crippen LogP contribution < -0.4 is 0 Å². The number of rotatable bonds is 2. The van der Waals surface area contributed by atoms with E-state index in [-0.39, 0.29) is 18.3 Å². The van der Waals surface area contributed by atoms with E-state index < -0.39 is 0 Å². The number of hydrogen-bond acceptors (Lipinski definition) is 4. The highest BCUT2D eigenvalue weighted by atomic mass is 16.2. The smallest absolute Gasteiger partial charge is 0.252 e. The minimum Gasteiger partial charge on any atom is -0.347 e. The van der Waals surface area contributed by atoms with Crippen LogP contribution in [0.25, 0.3) is 0 Å². The van der Waals surface area contributed by atoms with Gasteiger partial charge in [-0.15, -0.1) is 5.10 Å². The Hall–Kier alpha value is -1.90. The molecule has 0 spiro atoms. The maximum Gasteiger partial charge on any atom is 0.252 e. The first-order chi connectivity index (χ1) is 6.13. The molecule has 0 bridgehead atoms. The van der Waals surface area contributed by atoms with Gasteiger partial charge in [-0.25, -0.2) is 9.67 Å². The number of hydrogen-bond donors (Lipinski definition) is 0. The summed E-state index contributed by atoms with van der Waals surface area (Å²) in [5, 5.41) is 12.2. The van der Waals surface area contributed by atoms with Gasteiger partial charge in [-0.3, -0.25) is 4.79 Å². The van der Waals surface area contributed by atoms with Crippen molar-refractivity contribution in [1.82, 2.24) is 19.7 Å². The summed E-state index contributed by atoms with van der Waals surface area (Å²) in [5.41, 5.74) is 0. The average molecular weight is 179 g/mol. The molecule has 0 N–H and O–H groups in total. The molecule has 0 aliphatic carbocycles. The van der Waals surface area contributed by atoms with Gasteiger partial charge in [-0.1, -0.05) is 0 Å². The van der Waals surface area contributed by atoms with Crippen molar-refractivity contribution in [2.75, 3.05) is 14.1 Å². The molecule has 0 saturated carbocycles.